The summed E-state index contributed by atoms with van der Waals surface area (Å²) in [5.41, 5.74) is 1.18. The van der Waals surface area contributed by atoms with Crippen molar-refractivity contribution >= 4 is 27.3 Å². The van der Waals surface area contributed by atoms with Gasteiger partial charge in [-0.15, -0.1) is 0 Å². The van der Waals surface area contributed by atoms with Gasteiger partial charge in [-0.05, 0) is 32.9 Å². The Balaban J connectivity index is 1.68. The molecule has 9 heteroatoms. The third kappa shape index (κ3) is 4.93. The largest absolute Gasteiger partial charge is 0.325 e. The summed E-state index contributed by atoms with van der Waals surface area (Å²) in [6, 6.07) is 9.70. The molecule has 2 aromatic rings. The number of sulfonamides is 1. The third-order valence-corrected chi connectivity index (χ3v) is 7.51. The van der Waals surface area contributed by atoms with Crippen LogP contribution in [0.1, 0.15) is 19.4 Å². The lowest BCUT2D eigenvalue weighted by molar-refractivity contribution is -0.118. The fraction of sp³-hybridized carbons (Fsp3) is 0.364. The number of piperazine rings is 1. The van der Waals surface area contributed by atoms with E-state index in [1.165, 1.54) is 40.7 Å². The lowest BCUT2D eigenvalue weighted by Gasteiger charge is -2.43. The van der Waals surface area contributed by atoms with Crippen molar-refractivity contribution in [2.24, 2.45) is 0 Å². The van der Waals surface area contributed by atoms with Crippen molar-refractivity contribution in [3.63, 3.8) is 0 Å². The molecule has 31 heavy (non-hydrogen) atoms. The number of amides is 1. The molecule has 1 aliphatic rings. The minimum Gasteiger partial charge on any atom is -0.325 e. The number of anilines is 1. The van der Waals surface area contributed by atoms with Gasteiger partial charge >= 0.3 is 0 Å². The number of halogens is 1. The Kier molecular flexibility index (Phi) is 6.74. The molecule has 1 saturated heterocycles. The summed E-state index contributed by atoms with van der Waals surface area (Å²) in [5.74, 6) is -0.664. The average Bonchev–Trinajstić information content (AvgIpc) is 2.70. The first-order valence-corrected chi connectivity index (χ1v) is 11.4. The van der Waals surface area contributed by atoms with E-state index < -0.39 is 10.0 Å². The summed E-state index contributed by atoms with van der Waals surface area (Å²) in [5, 5.41) is 2.73. The van der Waals surface area contributed by atoms with E-state index in [2.05, 4.69) is 10.2 Å². The van der Waals surface area contributed by atoms with Crippen LogP contribution in [0.4, 0.5) is 15.8 Å². The monoisotopic (exact) mass is 444 g/mol. The Morgan fingerprint density at radius 2 is 1.77 bits per heavy atom. The van der Waals surface area contributed by atoms with E-state index in [0.717, 1.165) is 0 Å². The summed E-state index contributed by atoms with van der Waals surface area (Å²) in [6.07, 6.45) is 0. The first-order valence-electron chi connectivity index (χ1n) is 9.92. The standard InChI is InChI=1S/C22H25FN4O3S/c1-15-12-26(14-22(28)25-21-7-5-6-20(23)17(21)3)13-16(2)27(15)31(29,30)19-10-8-18(24-4)9-11-19/h5-11,15-16H,12-14H2,1-3H3,(H,25,28)/t15-,16+. The molecule has 0 aliphatic carbocycles. The van der Waals surface area contributed by atoms with Crippen molar-refractivity contribution in [3.05, 3.63) is 65.3 Å². The lowest BCUT2D eigenvalue weighted by Crippen LogP contribution is -2.59. The second-order valence-electron chi connectivity index (χ2n) is 7.79. The molecule has 1 fully saturated rings. The van der Waals surface area contributed by atoms with E-state index in [0.29, 0.717) is 30.0 Å². The summed E-state index contributed by atoms with van der Waals surface area (Å²) in [6.45, 7) is 13.1. The van der Waals surface area contributed by atoms with Crippen molar-refractivity contribution in [1.29, 1.82) is 0 Å². The number of carbonyl (C=O) groups is 1. The van der Waals surface area contributed by atoms with E-state index in [4.69, 9.17) is 6.57 Å². The summed E-state index contributed by atoms with van der Waals surface area (Å²) < 4.78 is 41.5. The molecular weight excluding hydrogens is 419 g/mol. The maximum atomic E-state index is 13.7. The molecule has 1 heterocycles. The topological polar surface area (TPSA) is 74.1 Å². The molecule has 1 amide bonds. The van der Waals surface area contributed by atoms with Crippen molar-refractivity contribution in [2.75, 3.05) is 25.0 Å². The highest BCUT2D eigenvalue weighted by Crippen LogP contribution is 2.27. The lowest BCUT2D eigenvalue weighted by atomic mass is 10.1. The number of hydrogen-bond donors (Lipinski definition) is 1. The molecular formula is C22H25FN4O3S. The zero-order valence-electron chi connectivity index (χ0n) is 17.7. The highest BCUT2D eigenvalue weighted by Gasteiger charge is 2.38. The fourth-order valence-corrected chi connectivity index (χ4v) is 5.77. The first kappa shape index (κ1) is 22.9. The van der Waals surface area contributed by atoms with Crippen LogP contribution in [0.5, 0.6) is 0 Å². The summed E-state index contributed by atoms with van der Waals surface area (Å²) in [4.78, 5) is 17.8. The highest BCUT2D eigenvalue weighted by atomic mass is 32.2. The molecule has 0 radical (unpaired) electrons. The molecule has 164 valence electrons. The smallest absolute Gasteiger partial charge is 0.243 e. The SMILES string of the molecule is [C-]#[N+]c1ccc(S(=O)(=O)N2[C@H](C)CN(CC(=O)Nc3cccc(F)c3C)C[C@@H]2C)cc1. The van der Waals surface area contributed by atoms with Gasteiger partial charge in [0.2, 0.25) is 15.9 Å². The van der Waals surface area contributed by atoms with E-state index in [-0.39, 0.29) is 35.2 Å². The zero-order chi connectivity index (χ0) is 22.8. The van der Waals surface area contributed by atoms with Gasteiger partial charge in [-0.3, -0.25) is 9.69 Å². The molecule has 0 saturated carbocycles. The molecule has 3 rings (SSSR count). The number of rotatable bonds is 5. The van der Waals surface area contributed by atoms with Crippen molar-refractivity contribution in [1.82, 2.24) is 9.21 Å². The normalized spacial score (nSPS) is 20.2. The van der Waals surface area contributed by atoms with E-state index >= 15 is 0 Å². The van der Waals surface area contributed by atoms with Crippen molar-refractivity contribution in [2.45, 2.75) is 37.8 Å². The van der Waals surface area contributed by atoms with Gasteiger partial charge in [-0.1, -0.05) is 30.3 Å². The second kappa shape index (κ2) is 9.14. The predicted octanol–water partition coefficient (Wildman–Crippen LogP) is 3.41. The van der Waals surface area contributed by atoms with Crippen LogP contribution in [0.2, 0.25) is 0 Å². The molecule has 1 N–H and O–H groups in total. The Hall–Kier alpha value is -2.80. The zero-order valence-corrected chi connectivity index (χ0v) is 18.5. The van der Waals surface area contributed by atoms with Gasteiger partial charge in [0.1, 0.15) is 5.82 Å². The van der Waals surface area contributed by atoms with Gasteiger partial charge in [-0.25, -0.2) is 17.7 Å². The van der Waals surface area contributed by atoms with Crippen LogP contribution in [-0.2, 0) is 14.8 Å². The van der Waals surface area contributed by atoms with Gasteiger partial charge in [0, 0.05) is 36.4 Å². The molecule has 2 aromatic carbocycles. The van der Waals surface area contributed by atoms with Gasteiger partial charge < -0.3 is 5.32 Å². The minimum atomic E-state index is -3.73. The molecule has 0 unspecified atom stereocenters. The van der Waals surface area contributed by atoms with Crippen LogP contribution < -0.4 is 5.32 Å². The molecule has 0 bridgehead atoms. The van der Waals surface area contributed by atoms with Crippen LogP contribution in [0.25, 0.3) is 4.85 Å². The van der Waals surface area contributed by atoms with Gasteiger partial charge in [0.25, 0.3) is 0 Å². The number of carbonyl (C=O) groups excluding carboxylic acids is 1. The molecule has 7 nitrogen and oxygen atoms in total. The number of nitrogens with one attached hydrogen (secondary N) is 1. The quantitative estimate of drug-likeness (QED) is 0.718. The third-order valence-electron chi connectivity index (χ3n) is 5.36. The van der Waals surface area contributed by atoms with Crippen molar-refractivity contribution < 1.29 is 17.6 Å². The van der Waals surface area contributed by atoms with Crippen LogP contribution >= 0.6 is 0 Å². The molecule has 0 aromatic heterocycles. The van der Waals surface area contributed by atoms with Crippen molar-refractivity contribution in [3.8, 4) is 0 Å². The van der Waals surface area contributed by atoms with Crippen LogP contribution in [0, 0.1) is 19.3 Å². The van der Waals surface area contributed by atoms with E-state index in [9.17, 15) is 17.6 Å². The number of benzene rings is 2. The second-order valence-corrected chi connectivity index (χ2v) is 9.64. The summed E-state index contributed by atoms with van der Waals surface area (Å²) in [7, 11) is -3.73. The molecule has 2 atom stereocenters. The van der Waals surface area contributed by atoms with Gasteiger partial charge in [-0.2, -0.15) is 4.31 Å². The minimum absolute atomic E-state index is 0.0816. The summed E-state index contributed by atoms with van der Waals surface area (Å²) >= 11 is 0. The van der Waals surface area contributed by atoms with Gasteiger partial charge in [0.05, 0.1) is 18.0 Å². The number of nitrogens with zero attached hydrogens (tertiary/aromatic N) is 3. The first-order chi connectivity index (χ1) is 14.6. The highest BCUT2D eigenvalue weighted by molar-refractivity contribution is 7.89. The molecule has 1 aliphatic heterocycles. The van der Waals surface area contributed by atoms with E-state index in [1.807, 2.05) is 18.7 Å². The predicted molar refractivity (Wildman–Crippen MR) is 117 cm³/mol. The van der Waals surface area contributed by atoms with Crippen LogP contribution in [0.3, 0.4) is 0 Å². The van der Waals surface area contributed by atoms with Crippen LogP contribution in [0.15, 0.2) is 47.4 Å². The Labute approximate surface area is 182 Å². The maximum Gasteiger partial charge on any atom is 0.243 e. The number of hydrogen-bond acceptors (Lipinski definition) is 4. The van der Waals surface area contributed by atoms with E-state index in [1.54, 1.807) is 13.0 Å². The maximum absolute atomic E-state index is 13.7. The fourth-order valence-electron chi connectivity index (χ4n) is 3.97. The molecule has 0 spiro atoms. The average molecular weight is 445 g/mol. The Morgan fingerprint density at radius 1 is 1.16 bits per heavy atom. The van der Waals surface area contributed by atoms with Crippen LogP contribution in [-0.4, -0.2) is 55.2 Å². The Morgan fingerprint density at radius 3 is 2.35 bits per heavy atom. The van der Waals surface area contributed by atoms with Gasteiger partial charge in [0.15, 0.2) is 5.69 Å². The Bertz CT molecular complexity index is 1100.